The Labute approximate surface area is 82.0 Å². The van der Waals surface area contributed by atoms with Gasteiger partial charge in [0.15, 0.2) is 0 Å². The van der Waals surface area contributed by atoms with Gasteiger partial charge in [-0.3, -0.25) is 4.79 Å². The van der Waals surface area contributed by atoms with Crippen LogP contribution in [-0.2, 0) is 11.4 Å². The summed E-state index contributed by atoms with van der Waals surface area (Å²) in [5.41, 5.74) is 7.51. The molecule has 0 aliphatic rings. The van der Waals surface area contributed by atoms with E-state index in [1.54, 1.807) is 25.1 Å². The SMILES string of the molecule is Cc1ccc(CO)cc1[C@@H](N)C(=O)O. The van der Waals surface area contributed by atoms with Gasteiger partial charge in [-0.1, -0.05) is 18.2 Å². The highest BCUT2D eigenvalue weighted by atomic mass is 16.4. The Morgan fingerprint density at radius 2 is 2.21 bits per heavy atom. The quantitative estimate of drug-likeness (QED) is 0.658. The average Bonchev–Trinajstić information content (AvgIpc) is 2.17. The number of hydrogen-bond donors (Lipinski definition) is 3. The monoisotopic (exact) mass is 195 g/mol. The van der Waals surface area contributed by atoms with Crippen molar-refractivity contribution in [3.8, 4) is 0 Å². The van der Waals surface area contributed by atoms with Crippen LogP contribution in [0.5, 0.6) is 0 Å². The molecule has 0 unspecified atom stereocenters. The first-order valence-electron chi connectivity index (χ1n) is 4.25. The zero-order valence-electron chi connectivity index (χ0n) is 7.90. The molecule has 0 aliphatic carbocycles. The second-order valence-corrected chi connectivity index (χ2v) is 3.16. The van der Waals surface area contributed by atoms with Gasteiger partial charge in [0.05, 0.1) is 6.61 Å². The van der Waals surface area contributed by atoms with E-state index >= 15 is 0 Å². The smallest absolute Gasteiger partial charge is 0.325 e. The van der Waals surface area contributed by atoms with E-state index in [9.17, 15) is 4.79 Å². The summed E-state index contributed by atoms with van der Waals surface area (Å²) in [4.78, 5) is 10.7. The fraction of sp³-hybridized carbons (Fsp3) is 0.300. The van der Waals surface area contributed by atoms with Crippen LogP contribution >= 0.6 is 0 Å². The summed E-state index contributed by atoms with van der Waals surface area (Å²) < 4.78 is 0. The number of aryl methyl sites for hydroxylation is 1. The summed E-state index contributed by atoms with van der Waals surface area (Å²) in [6.45, 7) is 1.68. The largest absolute Gasteiger partial charge is 0.480 e. The second kappa shape index (κ2) is 4.21. The predicted octanol–water partition coefficient (Wildman–Crippen LogP) is 0.572. The topological polar surface area (TPSA) is 83.5 Å². The van der Waals surface area contributed by atoms with E-state index in [0.29, 0.717) is 11.1 Å². The van der Waals surface area contributed by atoms with Gasteiger partial charge in [0.25, 0.3) is 0 Å². The van der Waals surface area contributed by atoms with Crippen molar-refractivity contribution in [2.45, 2.75) is 19.6 Å². The summed E-state index contributed by atoms with van der Waals surface area (Å²) in [6, 6.07) is 4.09. The van der Waals surface area contributed by atoms with E-state index in [4.69, 9.17) is 15.9 Å². The van der Waals surface area contributed by atoms with Crippen molar-refractivity contribution in [3.05, 3.63) is 34.9 Å². The Hall–Kier alpha value is -1.39. The van der Waals surface area contributed by atoms with Crippen molar-refractivity contribution >= 4 is 5.97 Å². The van der Waals surface area contributed by atoms with Gasteiger partial charge in [0, 0.05) is 0 Å². The van der Waals surface area contributed by atoms with Crippen molar-refractivity contribution in [3.63, 3.8) is 0 Å². The average molecular weight is 195 g/mol. The number of aliphatic carboxylic acids is 1. The molecule has 0 heterocycles. The number of carboxylic acid groups (broad SMARTS) is 1. The first kappa shape index (κ1) is 10.7. The highest BCUT2D eigenvalue weighted by Crippen LogP contribution is 2.17. The molecule has 0 saturated carbocycles. The summed E-state index contributed by atoms with van der Waals surface area (Å²) in [5, 5.41) is 17.6. The van der Waals surface area contributed by atoms with Gasteiger partial charge in [-0.2, -0.15) is 0 Å². The Morgan fingerprint density at radius 3 is 2.71 bits per heavy atom. The molecular formula is C10H13NO3. The van der Waals surface area contributed by atoms with E-state index in [1.807, 2.05) is 0 Å². The third-order valence-corrected chi connectivity index (χ3v) is 2.13. The minimum atomic E-state index is -1.07. The lowest BCUT2D eigenvalue weighted by molar-refractivity contribution is -0.138. The molecule has 0 aliphatic heterocycles. The Kier molecular flexibility index (Phi) is 3.22. The molecule has 0 bridgehead atoms. The van der Waals surface area contributed by atoms with Crippen LogP contribution in [0.3, 0.4) is 0 Å². The molecule has 14 heavy (non-hydrogen) atoms. The van der Waals surface area contributed by atoms with Crippen molar-refractivity contribution in [1.82, 2.24) is 0 Å². The van der Waals surface area contributed by atoms with Gasteiger partial charge >= 0.3 is 5.97 Å². The van der Waals surface area contributed by atoms with Crippen LogP contribution in [0.25, 0.3) is 0 Å². The molecule has 0 spiro atoms. The number of carbonyl (C=O) groups is 1. The highest BCUT2D eigenvalue weighted by molar-refractivity contribution is 5.75. The van der Waals surface area contributed by atoms with Crippen LogP contribution < -0.4 is 5.73 Å². The van der Waals surface area contributed by atoms with Crippen LogP contribution in [0.1, 0.15) is 22.7 Å². The van der Waals surface area contributed by atoms with Crippen LogP contribution in [-0.4, -0.2) is 16.2 Å². The number of carboxylic acids is 1. The first-order chi connectivity index (χ1) is 6.56. The van der Waals surface area contributed by atoms with E-state index in [-0.39, 0.29) is 6.61 Å². The van der Waals surface area contributed by atoms with Crippen molar-refractivity contribution in [2.75, 3.05) is 0 Å². The molecule has 0 aromatic heterocycles. The number of hydrogen-bond acceptors (Lipinski definition) is 3. The number of aliphatic hydroxyl groups excluding tert-OH is 1. The molecule has 0 saturated heterocycles. The molecule has 1 rings (SSSR count). The minimum Gasteiger partial charge on any atom is -0.480 e. The Balaban J connectivity index is 3.11. The van der Waals surface area contributed by atoms with Gasteiger partial charge in [0.1, 0.15) is 6.04 Å². The Morgan fingerprint density at radius 1 is 1.57 bits per heavy atom. The maximum atomic E-state index is 10.7. The van der Waals surface area contributed by atoms with E-state index < -0.39 is 12.0 Å². The van der Waals surface area contributed by atoms with Gasteiger partial charge in [-0.15, -0.1) is 0 Å². The molecule has 0 radical (unpaired) electrons. The molecule has 0 amide bonds. The fourth-order valence-corrected chi connectivity index (χ4v) is 1.26. The van der Waals surface area contributed by atoms with E-state index in [1.165, 1.54) is 0 Å². The lowest BCUT2D eigenvalue weighted by atomic mass is 9.99. The lowest BCUT2D eigenvalue weighted by Gasteiger charge is -2.11. The predicted molar refractivity (Wildman–Crippen MR) is 51.7 cm³/mol. The van der Waals surface area contributed by atoms with Crippen molar-refractivity contribution < 1.29 is 15.0 Å². The summed E-state index contributed by atoms with van der Waals surface area (Å²) >= 11 is 0. The van der Waals surface area contributed by atoms with Gasteiger partial charge in [-0.25, -0.2) is 0 Å². The van der Waals surface area contributed by atoms with Crippen molar-refractivity contribution in [1.29, 1.82) is 0 Å². The maximum Gasteiger partial charge on any atom is 0.325 e. The maximum absolute atomic E-state index is 10.7. The van der Waals surface area contributed by atoms with Crippen LogP contribution in [0.4, 0.5) is 0 Å². The normalized spacial score (nSPS) is 12.5. The van der Waals surface area contributed by atoms with Crippen LogP contribution in [0.2, 0.25) is 0 Å². The molecule has 1 atom stereocenters. The molecule has 0 fully saturated rings. The number of aliphatic hydroxyl groups is 1. The fourth-order valence-electron chi connectivity index (χ4n) is 1.26. The summed E-state index contributed by atoms with van der Waals surface area (Å²) in [5.74, 6) is -1.07. The third-order valence-electron chi connectivity index (χ3n) is 2.13. The number of benzene rings is 1. The van der Waals surface area contributed by atoms with Crippen LogP contribution in [0, 0.1) is 6.92 Å². The summed E-state index contributed by atoms with van der Waals surface area (Å²) in [7, 11) is 0. The molecule has 1 aromatic rings. The molecule has 4 N–H and O–H groups in total. The molecule has 76 valence electrons. The van der Waals surface area contributed by atoms with Gasteiger partial charge < -0.3 is 15.9 Å². The first-order valence-corrected chi connectivity index (χ1v) is 4.25. The van der Waals surface area contributed by atoms with Crippen LogP contribution in [0.15, 0.2) is 18.2 Å². The lowest BCUT2D eigenvalue weighted by Crippen LogP contribution is -2.21. The zero-order chi connectivity index (χ0) is 10.7. The van der Waals surface area contributed by atoms with Gasteiger partial charge in [0.2, 0.25) is 0 Å². The standard InChI is InChI=1S/C10H13NO3/c1-6-2-3-7(5-12)4-8(6)9(11)10(13)14/h2-4,9,12H,5,11H2,1H3,(H,13,14)/t9-/m1/s1. The molecule has 4 heteroatoms. The molecule has 1 aromatic carbocycles. The van der Waals surface area contributed by atoms with E-state index in [0.717, 1.165) is 5.56 Å². The third kappa shape index (κ3) is 2.10. The van der Waals surface area contributed by atoms with Gasteiger partial charge in [-0.05, 0) is 23.6 Å². The van der Waals surface area contributed by atoms with E-state index in [2.05, 4.69) is 0 Å². The Bertz CT molecular complexity index is 349. The van der Waals surface area contributed by atoms with Crippen molar-refractivity contribution in [2.24, 2.45) is 5.73 Å². The zero-order valence-corrected chi connectivity index (χ0v) is 7.90. The molecule has 4 nitrogen and oxygen atoms in total. The highest BCUT2D eigenvalue weighted by Gasteiger charge is 2.16. The molecular weight excluding hydrogens is 182 g/mol. The number of nitrogens with two attached hydrogens (primary N) is 1. The number of rotatable bonds is 3. The minimum absolute atomic E-state index is 0.111. The summed E-state index contributed by atoms with van der Waals surface area (Å²) in [6.07, 6.45) is 0. The second-order valence-electron chi connectivity index (χ2n) is 3.16.